The molecule has 2 N–H and O–H groups in total. The summed E-state index contributed by atoms with van der Waals surface area (Å²) in [7, 11) is 1.47. The van der Waals surface area contributed by atoms with Crippen LogP contribution >= 0.6 is 0 Å². The first-order valence-corrected chi connectivity index (χ1v) is 15.0. The third kappa shape index (κ3) is 7.98. The Labute approximate surface area is 270 Å². The first kappa shape index (κ1) is 34.9. The van der Waals surface area contributed by atoms with Gasteiger partial charge in [0, 0.05) is 44.5 Å². The van der Waals surface area contributed by atoms with Crippen molar-refractivity contribution >= 4 is 17.5 Å². The van der Waals surface area contributed by atoms with Gasteiger partial charge >= 0.3 is 12.4 Å². The van der Waals surface area contributed by atoms with Gasteiger partial charge in [-0.3, -0.25) is 9.59 Å². The van der Waals surface area contributed by atoms with Crippen LogP contribution < -0.4 is 20.5 Å². The largest absolute Gasteiger partial charge is 0.497 e. The average Bonchev–Trinajstić information content (AvgIpc) is 3.43. The molecule has 0 saturated carbocycles. The number of aliphatic hydroxyl groups excluding tert-OH is 1. The van der Waals surface area contributed by atoms with Crippen molar-refractivity contribution in [2.24, 2.45) is 0 Å². The summed E-state index contributed by atoms with van der Waals surface area (Å²) < 4.78 is 92.2. The second-order valence-electron chi connectivity index (χ2n) is 11.4. The normalized spacial score (nSPS) is 18.3. The Kier molecular flexibility index (Phi) is 10.4. The average molecular weight is 686 g/mol. The predicted molar refractivity (Wildman–Crippen MR) is 158 cm³/mol. The molecule has 2 fully saturated rings. The Hall–Kier alpha value is -4.45. The molecule has 18 heteroatoms. The number of amides is 1. The summed E-state index contributed by atoms with van der Waals surface area (Å²) in [6, 6.07) is 5.14. The van der Waals surface area contributed by atoms with Gasteiger partial charge in [-0.1, -0.05) is 12.1 Å². The van der Waals surface area contributed by atoms with Crippen LogP contribution in [0.3, 0.4) is 0 Å². The number of piperidine rings is 1. The van der Waals surface area contributed by atoms with Gasteiger partial charge in [-0.05, 0) is 30.5 Å². The van der Waals surface area contributed by atoms with Gasteiger partial charge < -0.3 is 29.7 Å². The molecular formula is C30H33F6N7O5. The molecule has 2 atom stereocenters. The highest BCUT2D eigenvalue weighted by atomic mass is 19.4. The summed E-state index contributed by atoms with van der Waals surface area (Å²) in [5.41, 5.74) is -3.92. The van der Waals surface area contributed by atoms with Gasteiger partial charge in [0.15, 0.2) is 0 Å². The summed E-state index contributed by atoms with van der Waals surface area (Å²) in [5.74, 6) is 0.389. The summed E-state index contributed by atoms with van der Waals surface area (Å²) >= 11 is 0. The molecule has 48 heavy (non-hydrogen) atoms. The van der Waals surface area contributed by atoms with E-state index in [1.54, 1.807) is 34.1 Å². The highest BCUT2D eigenvalue weighted by Gasteiger charge is 2.40. The molecule has 0 aliphatic carbocycles. The Morgan fingerprint density at radius 3 is 2.21 bits per heavy atom. The fraction of sp³-hybridized carbons (Fsp3) is 0.500. The van der Waals surface area contributed by atoms with E-state index in [-0.39, 0.29) is 31.0 Å². The van der Waals surface area contributed by atoms with Crippen LogP contribution in [0.25, 0.3) is 0 Å². The number of carbonyl (C=O) groups is 1. The molecule has 4 heterocycles. The maximum Gasteiger partial charge on any atom is 0.423 e. The molecular weight excluding hydrogens is 652 g/mol. The highest BCUT2D eigenvalue weighted by molar-refractivity contribution is 5.83. The van der Waals surface area contributed by atoms with Crippen LogP contribution in [0.2, 0.25) is 0 Å². The first-order chi connectivity index (χ1) is 22.8. The zero-order valence-corrected chi connectivity index (χ0v) is 25.7. The van der Waals surface area contributed by atoms with Gasteiger partial charge in [-0.2, -0.15) is 31.4 Å². The van der Waals surface area contributed by atoms with Crippen LogP contribution in [-0.4, -0.2) is 93.8 Å². The number of nitrogens with zero attached hydrogens (tertiary/aromatic N) is 6. The molecule has 0 spiro atoms. The molecule has 0 radical (unpaired) electrons. The van der Waals surface area contributed by atoms with Crippen LogP contribution in [0.5, 0.6) is 5.75 Å². The molecule has 2 aromatic heterocycles. The summed E-state index contributed by atoms with van der Waals surface area (Å²) in [6.45, 7) is -0.0256. The highest BCUT2D eigenvalue weighted by Crippen LogP contribution is 2.33. The van der Waals surface area contributed by atoms with E-state index >= 15 is 0 Å². The number of nitrogens with one attached hydrogen (secondary N) is 1. The predicted octanol–water partition coefficient (Wildman–Crippen LogP) is 3.19. The van der Waals surface area contributed by atoms with E-state index in [4.69, 9.17) is 9.47 Å². The standard InChI is InChI=1S/C30H33F6N7O5/c1-47-22-4-2-18(3-5-22)15-43-27(46)25(30(34,35)36)23(14-39-43)40-20(16-44)17-48-24-8-11-42(26(24)45)21-6-9-41(10-7-21)28-37-12-19(13-38-28)29(31,32)33/h2-5,12-14,20-21,24,40,44H,6-11,15-17H2,1H3/t20?,24-/m1/s1. The number of ether oxygens (including phenoxy) is 2. The van der Waals surface area contributed by atoms with Crippen LogP contribution in [0.15, 0.2) is 47.7 Å². The number of alkyl halides is 6. The molecule has 260 valence electrons. The van der Waals surface area contributed by atoms with Gasteiger partial charge in [0.05, 0.1) is 50.4 Å². The topological polar surface area (TPSA) is 135 Å². The van der Waals surface area contributed by atoms with E-state index in [0.29, 0.717) is 54.9 Å². The van der Waals surface area contributed by atoms with Crippen LogP contribution in [0.4, 0.5) is 38.0 Å². The van der Waals surface area contributed by atoms with Crippen molar-refractivity contribution < 1.29 is 45.7 Å². The third-order valence-electron chi connectivity index (χ3n) is 8.24. The first-order valence-electron chi connectivity index (χ1n) is 15.0. The van der Waals surface area contributed by atoms with Crippen molar-refractivity contribution in [1.29, 1.82) is 0 Å². The lowest BCUT2D eigenvalue weighted by molar-refractivity contribution is -0.140. The Bertz CT molecular complexity index is 1610. The lowest BCUT2D eigenvalue weighted by Gasteiger charge is -2.36. The molecule has 1 unspecified atom stereocenters. The van der Waals surface area contributed by atoms with Gasteiger partial charge in [0.2, 0.25) is 5.95 Å². The van der Waals surface area contributed by atoms with E-state index in [1.807, 2.05) is 0 Å². The monoisotopic (exact) mass is 685 g/mol. The number of hydrogen-bond acceptors (Lipinski definition) is 10. The van der Waals surface area contributed by atoms with E-state index in [2.05, 4.69) is 20.4 Å². The number of aromatic nitrogens is 4. The number of likely N-dealkylation sites (tertiary alicyclic amines) is 1. The second kappa shape index (κ2) is 14.3. The number of benzene rings is 1. The fourth-order valence-corrected chi connectivity index (χ4v) is 5.68. The minimum Gasteiger partial charge on any atom is -0.497 e. The number of anilines is 2. The van der Waals surface area contributed by atoms with E-state index in [1.165, 1.54) is 7.11 Å². The smallest absolute Gasteiger partial charge is 0.423 e. The molecule has 1 aromatic carbocycles. The number of halogens is 6. The van der Waals surface area contributed by atoms with Crippen molar-refractivity contribution in [1.82, 2.24) is 24.6 Å². The minimum atomic E-state index is -5.04. The van der Waals surface area contributed by atoms with Crippen LogP contribution in [0, 0.1) is 0 Å². The van der Waals surface area contributed by atoms with Crippen molar-refractivity contribution in [2.75, 3.05) is 50.2 Å². The van der Waals surface area contributed by atoms with E-state index < -0.39 is 53.5 Å². The molecule has 5 rings (SSSR count). The summed E-state index contributed by atoms with van der Waals surface area (Å²) in [5, 5.41) is 16.3. The van der Waals surface area contributed by atoms with E-state index in [0.717, 1.165) is 18.6 Å². The summed E-state index contributed by atoms with van der Waals surface area (Å²) in [6.07, 6.45) is -6.81. The number of hydrogen-bond donors (Lipinski definition) is 2. The number of rotatable bonds is 11. The van der Waals surface area contributed by atoms with Crippen molar-refractivity contribution in [2.45, 2.75) is 56.3 Å². The molecule has 1 amide bonds. The molecule has 2 aliphatic rings. The Morgan fingerprint density at radius 2 is 1.62 bits per heavy atom. The fourth-order valence-electron chi connectivity index (χ4n) is 5.68. The quantitative estimate of drug-likeness (QED) is 0.290. The molecule has 2 saturated heterocycles. The zero-order valence-electron chi connectivity index (χ0n) is 25.7. The number of methoxy groups -OCH3 is 1. The number of carbonyl (C=O) groups excluding carboxylic acids is 1. The third-order valence-corrected chi connectivity index (χ3v) is 8.24. The molecule has 3 aromatic rings. The lowest BCUT2D eigenvalue weighted by atomic mass is 10.0. The Morgan fingerprint density at radius 1 is 0.958 bits per heavy atom. The maximum atomic E-state index is 14.1. The Balaban J connectivity index is 1.17. The second-order valence-corrected chi connectivity index (χ2v) is 11.4. The molecule has 2 aliphatic heterocycles. The zero-order chi connectivity index (χ0) is 34.6. The molecule has 0 bridgehead atoms. The van der Waals surface area contributed by atoms with Crippen LogP contribution in [0.1, 0.15) is 36.0 Å². The molecule has 12 nitrogen and oxygen atoms in total. The maximum absolute atomic E-state index is 14.1. The van der Waals surface area contributed by atoms with Crippen LogP contribution in [-0.2, 0) is 28.4 Å². The SMILES string of the molecule is COc1ccc(Cn2ncc(NC(CO)CO[C@@H]3CCN(C4CCN(c5ncc(C(F)(F)F)cn5)CC4)C3=O)c(C(F)(F)F)c2=O)cc1. The number of aliphatic hydroxyl groups is 1. The van der Waals surface area contributed by atoms with Gasteiger partial charge in [0.1, 0.15) is 17.4 Å². The van der Waals surface area contributed by atoms with E-state index in [9.17, 15) is 41.0 Å². The summed E-state index contributed by atoms with van der Waals surface area (Å²) in [4.78, 5) is 37.1. The lowest BCUT2D eigenvalue weighted by Crippen LogP contribution is -2.47. The van der Waals surface area contributed by atoms with Gasteiger partial charge in [0.25, 0.3) is 11.5 Å². The van der Waals surface area contributed by atoms with Crippen molar-refractivity contribution in [3.8, 4) is 5.75 Å². The van der Waals surface area contributed by atoms with Crippen molar-refractivity contribution in [3.63, 3.8) is 0 Å². The van der Waals surface area contributed by atoms with Crippen molar-refractivity contribution in [3.05, 3.63) is 69.9 Å². The van der Waals surface area contributed by atoms with Gasteiger partial charge in [-0.25, -0.2) is 14.6 Å². The minimum absolute atomic E-state index is 0.159. The van der Waals surface area contributed by atoms with Gasteiger partial charge in [-0.15, -0.1) is 0 Å².